The lowest BCUT2D eigenvalue weighted by molar-refractivity contribution is -0.159. The third-order valence-electron chi connectivity index (χ3n) is 2.30. The van der Waals surface area contributed by atoms with E-state index in [4.69, 9.17) is 5.11 Å². The maximum Gasteiger partial charge on any atom is 0.340 e. The maximum absolute atomic E-state index is 10.8. The number of H-pyrrole nitrogens is 1. The molecule has 0 fully saturated rings. The van der Waals surface area contributed by atoms with E-state index in [1.165, 1.54) is 0 Å². The molecule has 1 aromatic heterocycles. The summed E-state index contributed by atoms with van der Waals surface area (Å²) in [7, 11) is 0. The molecular weight excluding hydrogens is 240 g/mol. The zero-order chi connectivity index (χ0) is 9.64. The van der Waals surface area contributed by atoms with Gasteiger partial charge in [-0.2, -0.15) is 5.10 Å². The Bertz CT molecular complexity index is 376. The first-order valence-electron chi connectivity index (χ1n) is 3.74. The van der Waals surface area contributed by atoms with Crippen LogP contribution in [-0.4, -0.2) is 26.4 Å². The molecule has 1 aromatic rings. The van der Waals surface area contributed by atoms with Gasteiger partial charge < -0.3 is 10.2 Å². The number of carbonyl (C=O) groups is 1. The number of halogens is 1. The second kappa shape index (κ2) is 2.55. The first-order chi connectivity index (χ1) is 6.05. The van der Waals surface area contributed by atoms with Crippen LogP contribution < -0.4 is 0 Å². The normalized spacial score (nSPS) is 26.0. The van der Waals surface area contributed by atoms with Crippen molar-refractivity contribution in [1.29, 1.82) is 0 Å². The second-order valence-corrected chi connectivity index (χ2v) is 3.78. The van der Waals surface area contributed by atoms with Crippen molar-refractivity contribution >= 4 is 21.9 Å². The van der Waals surface area contributed by atoms with Crippen molar-refractivity contribution < 1.29 is 15.0 Å². The van der Waals surface area contributed by atoms with Gasteiger partial charge in [-0.1, -0.05) is 0 Å². The summed E-state index contributed by atoms with van der Waals surface area (Å²) in [4.78, 5) is 10.8. The van der Waals surface area contributed by atoms with Crippen molar-refractivity contribution in [2.24, 2.45) is 0 Å². The molecule has 0 spiro atoms. The first-order valence-corrected chi connectivity index (χ1v) is 4.54. The summed E-state index contributed by atoms with van der Waals surface area (Å²) in [6.45, 7) is 0. The Labute approximate surface area is 81.9 Å². The summed E-state index contributed by atoms with van der Waals surface area (Å²) in [6.07, 6.45) is 0.710. The van der Waals surface area contributed by atoms with Crippen LogP contribution in [0.4, 0.5) is 0 Å². The Morgan fingerprint density at radius 2 is 2.38 bits per heavy atom. The van der Waals surface area contributed by atoms with Gasteiger partial charge in [0.05, 0.1) is 5.56 Å². The average molecular weight is 247 g/mol. The van der Waals surface area contributed by atoms with Gasteiger partial charge >= 0.3 is 5.97 Å². The van der Waals surface area contributed by atoms with Crippen LogP contribution in [0.5, 0.6) is 0 Å². The largest absolute Gasteiger partial charge is 0.479 e. The first kappa shape index (κ1) is 8.71. The summed E-state index contributed by atoms with van der Waals surface area (Å²) < 4.78 is 0.380. The van der Waals surface area contributed by atoms with Gasteiger partial charge in [0.25, 0.3) is 0 Å². The predicted octanol–water partition coefficient (Wildman–Crippen LogP) is 0.391. The molecule has 0 aliphatic heterocycles. The maximum atomic E-state index is 10.8. The molecule has 0 aromatic carbocycles. The Morgan fingerprint density at radius 3 is 3.00 bits per heavy atom. The number of aryl methyl sites for hydroxylation is 1. The van der Waals surface area contributed by atoms with Crippen molar-refractivity contribution in [3.05, 3.63) is 15.9 Å². The van der Waals surface area contributed by atoms with Crippen molar-refractivity contribution in [3.8, 4) is 0 Å². The monoisotopic (exact) mass is 246 g/mol. The van der Waals surface area contributed by atoms with Crippen LogP contribution in [0.2, 0.25) is 0 Å². The van der Waals surface area contributed by atoms with E-state index in [1.54, 1.807) is 0 Å². The summed E-state index contributed by atoms with van der Waals surface area (Å²) in [6, 6.07) is 0. The van der Waals surface area contributed by atoms with E-state index in [-0.39, 0.29) is 6.42 Å². The molecule has 0 saturated carbocycles. The number of aliphatic carboxylic acids is 1. The fraction of sp³-hybridized carbons (Fsp3) is 0.429. The molecule has 1 heterocycles. The number of fused-ring (bicyclic) bond motifs is 1. The van der Waals surface area contributed by atoms with Crippen molar-refractivity contribution in [2.75, 3.05) is 0 Å². The number of hydrogen-bond acceptors (Lipinski definition) is 3. The molecule has 70 valence electrons. The third kappa shape index (κ3) is 1.02. The number of nitrogens with one attached hydrogen (secondary N) is 1. The highest BCUT2D eigenvalue weighted by Crippen LogP contribution is 2.39. The molecular formula is C7H7BrN2O3. The van der Waals surface area contributed by atoms with Crippen LogP contribution in [0.15, 0.2) is 4.60 Å². The zero-order valence-corrected chi connectivity index (χ0v) is 8.13. The van der Waals surface area contributed by atoms with Crippen molar-refractivity contribution in [3.63, 3.8) is 0 Å². The highest BCUT2D eigenvalue weighted by molar-refractivity contribution is 9.10. The summed E-state index contributed by atoms with van der Waals surface area (Å²) in [5.74, 6) is -1.23. The predicted molar refractivity (Wildman–Crippen MR) is 46.1 cm³/mol. The molecule has 2 rings (SSSR count). The molecule has 0 radical (unpaired) electrons. The smallest absolute Gasteiger partial charge is 0.340 e. The van der Waals surface area contributed by atoms with Gasteiger partial charge in [0.15, 0.2) is 5.60 Å². The number of nitrogens with zero attached hydrogens (tertiary/aromatic N) is 1. The van der Waals surface area contributed by atoms with Gasteiger partial charge in [-0.3, -0.25) is 5.10 Å². The quantitative estimate of drug-likeness (QED) is 0.670. The highest BCUT2D eigenvalue weighted by atomic mass is 79.9. The summed E-state index contributed by atoms with van der Waals surface area (Å²) >= 11 is 3.10. The third-order valence-corrected chi connectivity index (χ3v) is 2.88. The lowest BCUT2D eigenvalue weighted by atomic mass is 9.99. The zero-order valence-electron chi connectivity index (χ0n) is 6.54. The SMILES string of the molecule is O=C(O)C1(O)CCc2[nH]nc(Br)c21. The van der Waals surface area contributed by atoms with E-state index < -0.39 is 11.6 Å². The van der Waals surface area contributed by atoms with Crippen LogP contribution in [0.25, 0.3) is 0 Å². The molecule has 0 bridgehead atoms. The molecule has 1 aliphatic carbocycles. The number of aromatic nitrogens is 2. The fourth-order valence-electron chi connectivity index (χ4n) is 1.60. The van der Waals surface area contributed by atoms with Crippen LogP contribution in [0, 0.1) is 0 Å². The summed E-state index contributed by atoms with van der Waals surface area (Å²) in [5, 5.41) is 25.1. The summed E-state index contributed by atoms with van der Waals surface area (Å²) in [5.41, 5.74) is -0.724. The Morgan fingerprint density at radius 1 is 1.69 bits per heavy atom. The van der Waals surface area contributed by atoms with Crippen LogP contribution in [-0.2, 0) is 16.8 Å². The topological polar surface area (TPSA) is 86.2 Å². The number of aromatic amines is 1. The molecule has 13 heavy (non-hydrogen) atoms. The standard InChI is InChI=1S/C7H7BrN2O3/c8-5-4-3(9-10-5)1-2-7(4,13)6(11)12/h13H,1-2H2,(H,9,10)(H,11,12). The Kier molecular flexibility index (Phi) is 1.71. The Hall–Kier alpha value is -0.880. The van der Waals surface area contributed by atoms with E-state index in [0.717, 1.165) is 0 Å². The van der Waals surface area contributed by atoms with Crippen molar-refractivity contribution in [1.82, 2.24) is 10.2 Å². The van der Waals surface area contributed by atoms with Gasteiger partial charge in [-0.25, -0.2) is 4.79 Å². The fourth-order valence-corrected chi connectivity index (χ4v) is 2.25. The van der Waals surface area contributed by atoms with Crippen LogP contribution in [0.3, 0.4) is 0 Å². The van der Waals surface area contributed by atoms with Crippen LogP contribution in [0.1, 0.15) is 17.7 Å². The van der Waals surface area contributed by atoms with Gasteiger partial charge in [-0.05, 0) is 28.8 Å². The molecule has 6 heteroatoms. The lowest BCUT2D eigenvalue weighted by Gasteiger charge is -2.16. The van der Waals surface area contributed by atoms with Gasteiger partial charge in [-0.15, -0.1) is 0 Å². The van der Waals surface area contributed by atoms with E-state index in [1.807, 2.05) is 0 Å². The number of hydrogen-bond donors (Lipinski definition) is 3. The minimum absolute atomic E-state index is 0.199. The van der Waals surface area contributed by atoms with E-state index in [0.29, 0.717) is 22.3 Å². The van der Waals surface area contributed by atoms with Crippen molar-refractivity contribution in [2.45, 2.75) is 18.4 Å². The lowest BCUT2D eigenvalue weighted by Crippen LogP contribution is -2.33. The number of rotatable bonds is 1. The Balaban J connectivity index is 2.59. The van der Waals surface area contributed by atoms with Gasteiger partial charge in [0, 0.05) is 5.69 Å². The molecule has 0 amide bonds. The average Bonchev–Trinajstić information content (AvgIpc) is 2.57. The number of carboxylic acids is 1. The number of aliphatic hydroxyl groups is 1. The van der Waals surface area contributed by atoms with E-state index >= 15 is 0 Å². The molecule has 1 unspecified atom stereocenters. The second-order valence-electron chi connectivity index (χ2n) is 3.03. The van der Waals surface area contributed by atoms with Crippen LogP contribution >= 0.6 is 15.9 Å². The van der Waals surface area contributed by atoms with E-state index in [2.05, 4.69) is 26.1 Å². The number of carboxylic acid groups (broad SMARTS) is 1. The van der Waals surface area contributed by atoms with Gasteiger partial charge in [0.1, 0.15) is 4.60 Å². The van der Waals surface area contributed by atoms with Gasteiger partial charge in [0.2, 0.25) is 0 Å². The molecule has 1 atom stereocenters. The molecule has 0 saturated heterocycles. The minimum Gasteiger partial charge on any atom is -0.479 e. The minimum atomic E-state index is -1.78. The molecule has 5 nitrogen and oxygen atoms in total. The molecule has 1 aliphatic rings. The highest BCUT2D eigenvalue weighted by Gasteiger charge is 2.47. The molecule has 3 N–H and O–H groups in total. The van der Waals surface area contributed by atoms with E-state index in [9.17, 15) is 9.90 Å².